The molecule has 0 aliphatic rings. The summed E-state index contributed by atoms with van der Waals surface area (Å²) >= 11 is 0. The van der Waals surface area contributed by atoms with E-state index in [0.29, 0.717) is 12.0 Å². The van der Waals surface area contributed by atoms with Crippen LogP contribution >= 0.6 is 0 Å². The van der Waals surface area contributed by atoms with Crippen molar-refractivity contribution >= 4 is 11.9 Å². The molecule has 0 spiro atoms. The van der Waals surface area contributed by atoms with Crippen molar-refractivity contribution in [1.29, 1.82) is 0 Å². The minimum atomic E-state index is -1.07. The number of benzene rings is 1. The van der Waals surface area contributed by atoms with Crippen molar-refractivity contribution < 1.29 is 19.4 Å². The molecule has 0 aliphatic carbocycles. The Balaban J connectivity index is 2.73. The highest BCUT2D eigenvalue weighted by molar-refractivity contribution is 5.96. The molecule has 0 fully saturated rings. The van der Waals surface area contributed by atoms with Gasteiger partial charge in [-0.3, -0.25) is 4.79 Å². The summed E-state index contributed by atoms with van der Waals surface area (Å²) in [6.07, 6.45) is -0.609. The zero-order chi connectivity index (χ0) is 15.1. The molecule has 1 aromatic carbocycles. The first-order chi connectivity index (χ1) is 9.45. The Morgan fingerprint density at radius 2 is 1.85 bits per heavy atom. The molecule has 110 valence electrons. The van der Waals surface area contributed by atoms with Crippen LogP contribution < -0.4 is 5.32 Å². The van der Waals surface area contributed by atoms with Crippen molar-refractivity contribution in [3.8, 4) is 0 Å². The molecule has 20 heavy (non-hydrogen) atoms. The van der Waals surface area contributed by atoms with Crippen molar-refractivity contribution in [2.24, 2.45) is 0 Å². The number of ether oxygens (including phenoxy) is 1. The van der Waals surface area contributed by atoms with Gasteiger partial charge in [-0.2, -0.15) is 0 Å². The molecule has 1 unspecified atom stereocenters. The van der Waals surface area contributed by atoms with Crippen LogP contribution in [0.2, 0.25) is 0 Å². The summed E-state index contributed by atoms with van der Waals surface area (Å²) in [5.74, 6) is -1.05. The van der Waals surface area contributed by atoms with Crippen molar-refractivity contribution in [3.63, 3.8) is 0 Å². The summed E-state index contributed by atoms with van der Waals surface area (Å²) < 4.78 is 5.15. The van der Waals surface area contributed by atoms with E-state index < -0.39 is 24.0 Å². The third-order valence-electron chi connectivity index (χ3n) is 2.95. The Hall–Kier alpha value is -1.88. The number of hydrogen-bond donors (Lipinski definition) is 2. The van der Waals surface area contributed by atoms with E-state index in [0.717, 1.165) is 0 Å². The van der Waals surface area contributed by atoms with Crippen LogP contribution in [0.5, 0.6) is 0 Å². The zero-order valence-corrected chi connectivity index (χ0v) is 12.0. The molecule has 1 aromatic rings. The largest absolute Gasteiger partial charge is 0.461 e. The molecule has 1 rings (SSSR count). The molecule has 0 aliphatic heterocycles. The second-order valence-corrected chi connectivity index (χ2v) is 4.71. The number of hydrogen-bond acceptors (Lipinski definition) is 4. The topological polar surface area (TPSA) is 75.6 Å². The highest BCUT2D eigenvalue weighted by Crippen LogP contribution is 2.05. The number of rotatable bonds is 6. The SMILES string of the molecule is CCC(C)OC(=O)[C@@H](NC(=O)c1ccccc1)[C@@H](C)O. The Labute approximate surface area is 118 Å². The standard InChI is InChI=1S/C15H21NO4/c1-4-10(2)20-15(19)13(11(3)17)16-14(18)12-8-6-5-7-9-12/h5-11,13,17H,4H2,1-3H3,(H,16,18)/t10?,11-,13+/m1/s1. The van der Waals surface area contributed by atoms with Gasteiger partial charge in [0, 0.05) is 5.56 Å². The molecule has 0 heterocycles. The second kappa shape index (κ2) is 7.65. The van der Waals surface area contributed by atoms with Crippen LogP contribution in [0.25, 0.3) is 0 Å². The maximum Gasteiger partial charge on any atom is 0.331 e. The van der Waals surface area contributed by atoms with E-state index in [1.165, 1.54) is 6.92 Å². The highest BCUT2D eigenvalue weighted by Gasteiger charge is 2.28. The predicted octanol–water partition coefficient (Wildman–Crippen LogP) is 1.51. The maximum absolute atomic E-state index is 12.0. The van der Waals surface area contributed by atoms with Gasteiger partial charge in [0.15, 0.2) is 6.04 Å². The zero-order valence-electron chi connectivity index (χ0n) is 12.0. The smallest absolute Gasteiger partial charge is 0.331 e. The number of esters is 1. The molecule has 0 saturated carbocycles. The van der Waals surface area contributed by atoms with E-state index in [1.54, 1.807) is 37.3 Å². The molecule has 0 aromatic heterocycles. The van der Waals surface area contributed by atoms with E-state index in [4.69, 9.17) is 4.74 Å². The lowest BCUT2D eigenvalue weighted by Gasteiger charge is -2.22. The lowest BCUT2D eigenvalue weighted by Crippen LogP contribution is -2.49. The van der Waals surface area contributed by atoms with Crippen molar-refractivity contribution in [2.45, 2.75) is 45.4 Å². The average molecular weight is 279 g/mol. The number of carbonyl (C=O) groups excluding carboxylic acids is 2. The minimum absolute atomic E-state index is 0.252. The Morgan fingerprint density at radius 1 is 1.25 bits per heavy atom. The van der Waals surface area contributed by atoms with Crippen LogP contribution in [0.1, 0.15) is 37.6 Å². The summed E-state index contributed by atoms with van der Waals surface area (Å²) in [5.41, 5.74) is 0.425. The number of amides is 1. The van der Waals surface area contributed by atoms with E-state index in [9.17, 15) is 14.7 Å². The van der Waals surface area contributed by atoms with E-state index in [2.05, 4.69) is 5.32 Å². The first kappa shape index (κ1) is 16.2. The monoisotopic (exact) mass is 279 g/mol. The van der Waals surface area contributed by atoms with Crippen LogP contribution in [0.15, 0.2) is 30.3 Å². The van der Waals surface area contributed by atoms with Gasteiger partial charge < -0.3 is 15.2 Å². The van der Waals surface area contributed by atoms with Gasteiger partial charge >= 0.3 is 5.97 Å². The van der Waals surface area contributed by atoms with Crippen LogP contribution in [-0.2, 0) is 9.53 Å². The molecule has 5 nitrogen and oxygen atoms in total. The van der Waals surface area contributed by atoms with Crippen molar-refractivity contribution in [2.75, 3.05) is 0 Å². The number of carbonyl (C=O) groups is 2. The summed E-state index contributed by atoms with van der Waals surface area (Å²) in [6, 6.07) is 7.44. The number of aliphatic hydroxyl groups excluding tert-OH is 1. The molecular formula is C15H21NO4. The third kappa shape index (κ3) is 4.66. The number of aliphatic hydroxyl groups is 1. The second-order valence-electron chi connectivity index (χ2n) is 4.71. The van der Waals surface area contributed by atoms with Crippen LogP contribution in [-0.4, -0.2) is 35.2 Å². The van der Waals surface area contributed by atoms with Gasteiger partial charge in [0.2, 0.25) is 0 Å². The molecule has 0 bridgehead atoms. The minimum Gasteiger partial charge on any atom is -0.461 e. The van der Waals surface area contributed by atoms with Gasteiger partial charge in [0.1, 0.15) is 0 Å². The first-order valence-corrected chi connectivity index (χ1v) is 6.70. The maximum atomic E-state index is 12.0. The van der Waals surface area contributed by atoms with E-state index >= 15 is 0 Å². The van der Waals surface area contributed by atoms with Crippen LogP contribution in [0, 0.1) is 0 Å². The van der Waals surface area contributed by atoms with Gasteiger partial charge in [-0.05, 0) is 32.4 Å². The molecule has 2 N–H and O–H groups in total. The molecule has 0 radical (unpaired) electrons. The van der Waals surface area contributed by atoms with Gasteiger partial charge in [0.05, 0.1) is 12.2 Å². The van der Waals surface area contributed by atoms with Crippen LogP contribution in [0.4, 0.5) is 0 Å². The lowest BCUT2D eigenvalue weighted by molar-refractivity contribution is -0.153. The molecule has 1 amide bonds. The van der Waals surface area contributed by atoms with E-state index in [1.807, 2.05) is 6.92 Å². The third-order valence-corrected chi connectivity index (χ3v) is 2.95. The summed E-state index contributed by atoms with van der Waals surface area (Å²) in [5, 5.41) is 12.1. The summed E-state index contributed by atoms with van der Waals surface area (Å²) in [6.45, 7) is 5.09. The molecule has 3 atom stereocenters. The fourth-order valence-corrected chi connectivity index (χ4v) is 1.55. The van der Waals surface area contributed by atoms with Crippen LogP contribution in [0.3, 0.4) is 0 Å². The van der Waals surface area contributed by atoms with Crippen molar-refractivity contribution in [1.82, 2.24) is 5.32 Å². The van der Waals surface area contributed by atoms with Crippen molar-refractivity contribution in [3.05, 3.63) is 35.9 Å². The first-order valence-electron chi connectivity index (χ1n) is 6.70. The normalized spacial score (nSPS) is 15.0. The average Bonchev–Trinajstić information content (AvgIpc) is 2.44. The fraction of sp³-hybridized carbons (Fsp3) is 0.467. The van der Waals surface area contributed by atoms with E-state index in [-0.39, 0.29) is 6.10 Å². The van der Waals surface area contributed by atoms with Gasteiger partial charge in [-0.15, -0.1) is 0 Å². The highest BCUT2D eigenvalue weighted by atomic mass is 16.5. The Kier molecular flexibility index (Phi) is 6.18. The Bertz CT molecular complexity index is 444. The quantitative estimate of drug-likeness (QED) is 0.774. The Morgan fingerprint density at radius 3 is 2.35 bits per heavy atom. The summed E-state index contributed by atoms with van der Waals surface area (Å²) in [4.78, 5) is 23.9. The summed E-state index contributed by atoms with van der Waals surface area (Å²) in [7, 11) is 0. The molecular weight excluding hydrogens is 258 g/mol. The van der Waals surface area contributed by atoms with Gasteiger partial charge in [-0.25, -0.2) is 4.79 Å². The molecule has 5 heteroatoms. The molecule has 0 saturated heterocycles. The lowest BCUT2D eigenvalue weighted by atomic mass is 10.1. The number of nitrogens with one attached hydrogen (secondary N) is 1. The van der Waals surface area contributed by atoms with Gasteiger partial charge in [-0.1, -0.05) is 25.1 Å². The van der Waals surface area contributed by atoms with Gasteiger partial charge in [0.25, 0.3) is 5.91 Å². The fourth-order valence-electron chi connectivity index (χ4n) is 1.55. The predicted molar refractivity (Wildman–Crippen MR) is 75.2 cm³/mol.